The minimum absolute atomic E-state index is 0.00143. The summed E-state index contributed by atoms with van der Waals surface area (Å²) in [5.74, 6) is 1.51. The number of hydrogen-bond donors (Lipinski definition) is 1. The summed E-state index contributed by atoms with van der Waals surface area (Å²) in [6.07, 6.45) is 2.88. The highest BCUT2D eigenvalue weighted by molar-refractivity contribution is 7.99. The molecule has 1 aromatic heterocycles. The lowest BCUT2D eigenvalue weighted by molar-refractivity contribution is -0.113. The van der Waals surface area contributed by atoms with E-state index >= 15 is 0 Å². The molecule has 158 valence electrons. The summed E-state index contributed by atoms with van der Waals surface area (Å²) in [4.78, 5) is 12.2. The van der Waals surface area contributed by atoms with Gasteiger partial charge in [0.2, 0.25) is 15.9 Å². The molecular weight excluding hydrogens is 414 g/mol. The fourth-order valence-electron chi connectivity index (χ4n) is 3.26. The number of amides is 1. The first-order valence-electron chi connectivity index (χ1n) is 9.19. The molecule has 1 N–H and O–H groups in total. The number of benzene rings is 1. The molecule has 0 radical (unpaired) electrons. The van der Waals surface area contributed by atoms with Crippen LogP contribution in [0, 0.1) is 0 Å². The Hall–Kier alpha value is -2.11. The summed E-state index contributed by atoms with van der Waals surface area (Å²) in [5.41, 5.74) is 0.693. The van der Waals surface area contributed by atoms with Gasteiger partial charge in [-0.25, -0.2) is 12.7 Å². The van der Waals surface area contributed by atoms with Crippen molar-refractivity contribution in [1.29, 1.82) is 0 Å². The molecule has 0 aliphatic carbocycles. The number of sulfonamides is 1. The highest BCUT2D eigenvalue weighted by Crippen LogP contribution is 2.28. The van der Waals surface area contributed by atoms with Gasteiger partial charge in [-0.05, 0) is 37.1 Å². The number of methoxy groups -OCH3 is 1. The Balaban J connectivity index is 1.58. The van der Waals surface area contributed by atoms with Gasteiger partial charge in [0.25, 0.3) is 0 Å². The maximum atomic E-state index is 12.2. The topological polar surface area (TPSA) is 106 Å². The van der Waals surface area contributed by atoms with Gasteiger partial charge in [0.15, 0.2) is 5.16 Å². The molecule has 3 rings (SSSR count). The third kappa shape index (κ3) is 5.49. The van der Waals surface area contributed by atoms with Gasteiger partial charge in [-0.15, -0.1) is 10.2 Å². The smallest absolute Gasteiger partial charge is 0.234 e. The van der Waals surface area contributed by atoms with Crippen LogP contribution >= 0.6 is 11.8 Å². The van der Waals surface area contributed by atoms with Crippen LogP contribution < -0.4 is 10.1 Å². The lowest BCUT2D eigenvalue weighted by Gasteiger charge is -2.30. The van der Waals surface area contributed by atoms with Gasteiger partial charge in [0, 0.05) is 31.7 Å². The molecular formula is C18H25N5O4S2. The molecule has 1 aliphatic rings. The summed E-state index contributed by atoms with van der Waals surface area (Å²) in [6.45, 7) is 0.952. The van der Waals surface area contributed by atoms with Crippen LogP contribution in [0.2, 0.25) is 0 Å². The van der Waals surface area contributed by atoms with Crippen LogP contribution in [0.25, 0.3) is 0 Å². The molecule has 1 aliphatic heterocycles. The first kappa shape index (κ1) is 21.6. The molecule has 29 heavy (non-hydrogen) atoms. The predicted molar refractivity (Wildman–Crippen MR) is 112 cm³/mol. The fraction of sp³-hybridized carbons (Fsp3) is 0.500. The minimum atomic E-state index is -3.22. The van der Waals surface area contributed by atoms with E-state index in [1.807, 2.05) is 11.6 Å². The van der Waals surface area contributed by atoms with Crippen molar-refractivity contribution in [2.45, 2.75) is 23.9 Å². The number of ether oxygens (including phenoxy) is 1. The zero-order valence-electron chi connectivity index (χ0n) is 16.7. The van der Waals surface area contributed by atoms with Gasteiger partial charge in [-0.3, -0.25) is 4.79 Å². The quantitative estimate of drug-likeness (QED) is 0.654. The van der Waals surface area contributed by atoms with Gasteiger partial charge in [-0.2, -0.15) is 0 Å². The van der Waals surface area contributed by atoms with Crippen LogP contribution in [0.5, 0.6) is 5.75 Å². The molecule has 1 aromatic carbocycles. The zero-order chi connectivity index (χ0) is 21.0. The Morgan fingerprint density at radius 3 is 2.69 bits per heavy atom. The summed E-state index contributed by atoms with van der Waals surface area (Å²) in [6, 6.07) is 7.11. The van der Waals surface area contributed by atoms with Crippen LogP contribution in [0.4, 0.5) is 5.69 Å². The molecule has 9 nitrogen and oxygen atoms in total. The van der Waals surface area contributed by atoms with Crippen molar-refractivity contribution in [3.63, 3.8) is 0 Å². The molecule has 0 bridgehead atoms. The molecule has 1 fully saturated rings. The van der Waals surface area contributed by atoms with E-state index < -0.39 is 10.0 Å². The van der Waals surface area contributed by atoms with Crippen LogP contribution in [-0.2, 0) is 21.9 Å². The van der Waals surface area contributed by atoms with E-state index in [0.29, 0.717) is 23.9 Å². The Morgan fingerprint density at radius 1 is 1.31 bits per heavy atom. The predicted octanol–water partition coefficient (Wildman–Crippen LogP) is 1.69. The molecule has 0 saturated carbocycles. The van der Waals surface area contributed by atoms with Crippen molar-refractivity contribution in [2.75, 3.05) is 37.5 Å². The molecule has 1 unspecified atom stereocenters. The van der Waals surface area contributed by atoms with Crippen molar-refractivity contribution >= 4 is 33.4 Å². The Kier molecular flexibility index (Phi) is 6.81. The van der Waals surface area contributed by atoms with Crippen molar-refractivity contribution in [3.8, 4) is 5.75 Å². The fourth-order valence-corrected chi connectivity index (χ4v) is 4.89. The zero-order valence-corrected chi connectivity index (χ0v) is 18.3. The molecule has 1 atom stereocenters. The van der Waals surface area contributed by atoms with Crippen molar-refractivity contribution in [2.24, 2.45) is 7.05 Å². The van der Waals surface area contributed by atoms with E-state index in [1.165, 1.54) is 22.3 Å². The third-order valence-electron chi connectivity index (χ3n) is 4.79. The number of rotatable bonds is 7. The number of nitrogens with zero attached hydrogens (tertiary/aromatic N) is 4. The van der Waals surface area contributed by atoms with E-state index in [-0.39, 0.29) is 17.6 Å². The van der Waals surface area contributed by atoms with E-state index in [9.17, 15) is 13.2 Å². The lowest BCUT2D eigenvalue weighted by Crippen LogP contribution is -2.39. The minimum Gasteiger partial charge on any atom is -0.497 e. The average Bonchev–Trinajstić information content (AvgIpc) is 3.07. The van der Waals surface area contributed by atoms with Crippen LogP contribution in [0.1, 0.15) is 24.6 Å². The molecule has 2 aromatic rings. The Labute approximate surface area is 174 Å². The van der Waals surface area contributed by atoms with Crippen LogP contribution in [0.3, 0.4) is 0 Å². The molecule has 1 saturated heterocycles. The van der Waals surface area contributed by atoms with Gasteiger partial charge < -0.3 is 14.6 Å². The van der Waals surface area contributed by atoms with E-state index in [4.69, 9.17) is 4.74 Å². The Morgan fingerprint density at radius 2 is 2.03 bits per heavy atom. The number of carbonyl (C=O) groups is 1. The number of thioether (sulfide) groups is 1. The second-order valence-electron chi connectivity index (χ2n) is 6.93. The van der Waals surface area contributed by atoms with E-state index in [1.54, 1.807) is 31.4 Å². The lowest BCUT2D eigenvalue weighted by atomic mass is 9.99. The number of aromatic nitrogens is 3. The molecule has 2 heterocycles. The number of nitrogens with one attached hydrogen (secondary N) is 1. The molecule has 0 spiro atoms. The maximum absolute atomic E-state index is 12.2. The van der Waals surface area contributed by atoms with Crippen molar-refractivity contribution in [3.05, 3.63) is 30.1 Å². The third-order valence-corrected chi connectivity index (χ3v) is 7.08. The van der Waals surface area contributed by atoms with E-state index in [0.717, 1.165) is 24.4 Å². The van der Waals surface area contributed by atoms with E-state index in [2.05, 4.69) is 15.5 Å². The standard InChI is InChI=1S/C18H25N5O4S2/c1-22-17(13-5-4-10-23(11-13)29(3,25)26)20-21-18(22)28-12-16(24)19-14-6-8-15(27-2)9-7-14/h6-9,13H,4-5,10-12H2,1-3H3,(H,19,24). The largest absolute Gasteiger partial charge is 0.497 e. The first-order chi connectivity index (χ1) is 13.8. The number of piperidine rings is 1. The number of carbonyl (C=O) groups excluding carboxylic acids is 1. The number of anilines is 1. The highest BCUT2D eigenvalue weighted by Gasteiger charge is 2.30. The van der Waals surface area contributed by atoms with Crippen molar-refractivity contribution in [1.82, 2.24) is 19.1 Å². The summed E-state index contributed by atoms with van der Waals surface area (Å²) in [7, 11) is 0.216. The van der Waals surface area contributed by atoms with Crippen LogP contribution in [-0.4, -0.2) is 65.6 Å². The normalized spacial score (nSPS) is 17.8. The molecule has 11 heteroatoms. The maximum Gasteiger partial charge on any atom is 0.234 e. The Bertz CT molecular complexity index is 959. The van der Waals surface area contributed by atoms with Crippen LogP contribution in [0.15, 0.2) is 29.4 Å². The number of hydrogen-bond acceptors (Lipinski definition) is 7. The SMILES string of the molecule is COc1ccc(NC(=O)CSc2nnc(C3CCCN(S(C)(=O)=O)C3)n2C)cc1. The first-order valence-corrected chi connectivity index (χ1v) is 12.0. The second kappa shape index (κ2) is 9.14. The second-order valence-corrected chi connectivity index (χ2v) is 9.85. The van der Waals surface area contributed by atoms with Crippen molar-refractivity contribution < 1.29 is 17.9 Å². The van der Waals surface area contributed by atoms with Gasteiger partial charge in [0.1, 0.15) is 11.6 Å². The summed E-state index contributed by atoms with van der Waals surface area (Å²) < 4.78 is 32.1. The molecule has 1 amide bonds. The summed E-state index contributed by atoms with van der Waals surface area (Å²) >= 11 is 1.29. The van der Waals surface area contributed by atoms with Gasteiger partial charge in [-0.1, -0.05) is 11.8 Å². The van der Waals surface area contributed by atoms with Gasteiger partial charge in [0.05, 0.1) is 19.1 Å². The summed E-state index contributed by atoms with van der Waals surface area (Å²) in [5, 5.41) is 11.9. The average molecular weight is 440 g/mol. The monoisotopic (exact) mass is 439 g/mol. The highest BCUT2D eigenvalue weighted by atomic mass is 32.2. The van der Waals surface area contributed by atoms with Gasteiger partial charge >= 0.3 is 0 Å².